The second kappa shape index (κ2) is 8.72. The van der Waals surface area contributed by atoms with Crippen molar-refractivity contribution in [2.45, 2.75) is 13.0 Å². The number of hydrogen-bond acceptors (Lipinski definition) is 3. The van der Waals surface area contributed by atoms with E-state index in [-0.39, 0.29) is 24.1 Å². The summed E-state index contributed by atoms with van der Waals surface area (Å²) in [7, 11) is 3.20. The Labute approximate surface area is 112 Å². The van der Waals surface area contributed by atoms with Crippen molar-refractivity contribution in [2.75, 3.05) is 20.7 Å². The number of ether oxygens (including phenoxy) is 1. The minimum atomic E-state index is -0.422. The molecule has 0 saturated carbocycles. The normalized spacial score (nSPS) is 9.50. The zero-order valence-corrected chi connectivity index (χ0v) is 11.3. The van der Waals surface area contributed by atoms with Crippen LogP contribution in [0, 0.1) is 5.82 Å². The van der Waals surface area contributed by atoms with Crippen LogP contribution < -0.4 is 15.4 Å². The first-order valence-corrected chi connectivity index (χ1v) is 5.41. The number of amides is 1. The zero-order chi connectivity index (χ0) is 12.7. The quantitative estimate of drug-likeness (QED) is 0.828. The predicted molar refractivity (Wildman–Crippen MR) is 70.6 cm³/mol. The van der Waals surface area contributed by atoms with Crippen LogP contribution in [0.25, 0.3) is 0 Å². The van der Waals surface area contributed by atoms with Crippen LogP contribution >= 0.6 is 12.4 Å². The van der Waals surface area contributed by atoms with Gasteiger partial charge in [-0.25, -0.2) is 4.39 Å². The molecule has 0 radical (unpaired) electrons. The summed E-state index contributed by atoms with van der Waals surface area (Å²) in [5.41, 5.74) is 0.709. The van der Waals surface area contributed by atoms with Gasteiger partial charge in [0.05, 0.1) is 7.11 Å². The summed E-state index contributed by atoms with van der Waals surface area (Å²) in [5.74, 6) is -0.277. The third-order valence-corrected chi connectivity index (χ3v) is 2.31. The molecule has 0 aliphatic rings. The van der Waals surface area contributed by atoms with Gasteiger partial charge < -0.3 is 15.4 Å². The molecule has 0 aliphatic carbocycles. The Balaban J connectivity index is 0.00000289. The van der Waals surface area contributed by atoms with Gasteiger partial charge in [0.1, 0.15) is 0 Å². The van der Waals surface area contributed by atoms with E-state index in [9.17, 15) is 9.18 Å². The molecule has 0 aromatic heterocycles. The Morgan fingerprint density at radius 2 is 2.17 bits per heavy atom. The standard InChI is InChI=1S/C12H17FN2O2.ClH/c1-14-6-5-12(16)15-8-9-3-4-11(17-2)10(13)7-9;/h3-4,7,14H,5-6,8H2,1-2H3,(H,15,16);1H. The summed E-state index contributed by atoms with van der Waals surface area (Å²) >= 11 is 0. The number of carbonyl (C=O) groups is 1. The van der Waals surface area contributed by atoms with Gasteiger partial charge in [0.2, 0.25) is 5.91 Å². The maximum atomic E-state index is 13.3. The molecular formula is C12H18ClFN2O2. The van der Waals surface area contributed by atoms with Gasteiger partial charge in [0, 0.05) is 19.5 Å². The molecule has 0 bridgehead atoms. The number of carbonyl (C=O) groups excluding carboxylic acids is 1. The lowest BCUT2D eigenvalue weighted by Crippen LogP contribution is -2.26. The van der Waals surface area contributed by atoms with E-state index in [1.807, 2.05) is 0 Å². The van der Waals surface area contributed by atoms with Crippen LogP contribution in [0.15, 0.2) is 18.2 Å². The minimum Gasteiger partial charge on any atom is -0.494 e. The van der Waals surface area contributed by atoms with Crippen LogP contribution in [0.4, 0.5) is 4.39 Å². The lowest BCUT2D eigenvalue weighted by atomic mass is 10.2. The number of halogens is 2. The van der Waals surface area contributed by atoms with Gasteiger partial charge in [0.25, 0.3) is 0 Å². The minimum absolute atomic E-state index is 0. The Bertz CT molecular complexity index is 388. The van der Waals surface area contributed by atoms with Gasteiger partial charge in [-0.2, -0.15) is 0 Å². The van der Waals surface area contributed by atoms with E-state index in [1.165, 1.54) is 13.2 Å². The molecule has 1 aromatic rings. The highest BCUT2D eigenvalue weighted by Crippen LogP contribution is 2.17. The summed E-state index contributed by atoms with van der Waals surface area (Å²) in [6.07, 6.45) is 0.412. The summed E-state index contributed by atoms with van der Waals surface area (Å²) in [6, 6.07) is 4.63. The van der Waals surface area contributed by atoms with E-state index in [0.717, 1.165) is 0 Å². The molecule has 0 aliphatic heterocycles. The van der Waals surface area contributed by atoms with Gasteiger partial charge in [-0.1, -0.05) is 6.07 Å². The second-order valence-electron chi connectivity index (χ2n) is 3.60. The number of rotatable bonds is 6. The highest BCUT2D eigenvalue weighted by Gasteiger charge is 2.04. The SMILES string of the molecule is CNCCC(=O)NCc1ccc(OC)c(F)c1.Cl. The van der Waals surface area contributed by atoms with Crippen molar-refractivity contribution >= 4 is 18.3 Å². The Morgan fingerprint density at radius 1 is 1.44 bits per heavy atom. The fourth-order valence-corrected chi connectivity index (χ4v) is 1.35. The van der Waals surface area contributed by atoms with Crippen LogP contribution in [-0.2, 0) is 11.3 Å². The number of nitrogens with one attached hydrogen (secondary N) is 2. The fraction of sp³-hybridized carbons (Fsp3) is 0.417. The summed E-state index contributed by atoms with van der Waals surface area (Å²) in [5, 5.41) is 5.60. The monoisotopic (exact) mass is 276 g/mol. The third kappa shape index (κ3) is 5.33. The second-order valence-corrected chi connectivity index (χ2v) is 3.60. The van der Waals surface area contributed by atoms with Crippen molar-refractivity contribution in [3.8, 4) is 5.75 Å². The molecule has 2 N–H and O–H groups in total. The Morgan fingerprint density at radius 3 is 2.72 bits per heavy atom. The van der Waals surface area contributed by atoms with Gasteiger partial charge >= 0.3 is 0 Å². The van der Waals surface area contributed by atoms with E-state index in [0.29, 0.717) is 25.1 Å². The van der Waals surface area contributed by atoms with Crippen LogP contribution in [0.5, 0.6) is 5.75 Å². The van der Waals surface area contributed by atoms with Gasteiger partial charge in [-0.3, -0.25) is 4.79 Å². The summed E-state index contributed by atoms with van der Waals surface area (Å²) < 4.78 is 18.1. The lowest BCUT2D eigenvalue weighted by Gasteiger charge is -2.07. The van der Waals surface area contributed by atoms with Crippen LogP contribution in [0.2, 0.25) is 0 Å². The average Bonchev–Trinajstić information content (AvgIpc) is 2.34. The largest absolute Gasteiger partial charge is 0.494 e. The van der Waals surface area contributed by atoms with Crippen molar-refractivity contribution in [3.05, 3.63) is 29.6 Å². The van der Waals surface area contributed by atoms with Crippen LogP contribution in [-0.4, -0.2) is 26.6 Å². The molecule has 18 heavy (non-hydrogen) atoms. The third-order valence-electron chi connectivity index (χ3n) is 2.31. The lowest BCUT2D eigenvalue weighted by molar-refractivity contribution is -0.121. The van der Waals surface area contributed by atoms with Gasteiger partial charge in [-0.15, -0.1) is 12.4 Å². The van der Waals surface area contributed by atoms with E-state index < -0.39 is 5.82 Å². The van der Waals surface area contributed by atoms with Crippen molar-refractivity contribution in [2.24, 2.45) is 0 Å². The molecular weight excluding hydrogens is 259 g/mol. The molecule has 0 fully saturated rings. The first-order chi connectivity index (χ1) is 8.17. The topological polar surface area (TPSA) is 50.4 Å². The van der Waals surface area contributed by atoms with E-state index in [4.69, 9.17) is 4.74 Å². The van der Waals surface area contributed by atoms with E-state index in [1.54, 1.807) is 19.2 Å². The maximum absolute atomic E-state index is 13.3. The number of methoxy groups -OCH3 is 1. The fourth-order valence-electron chi connectivity index (χ4n) is 1.35. The van der Waals surface area contributed by atoms with E-state index >= 15 is 0 Å². The van der Waals surface area contributed by atoms with Gasteiger partial charge in [0.15, 0.2) is 11.6 Å². The number of benzene rings is 1. The molecule has 1 rings (SSSR count). The highest BCUT2D eigenvalue weighted by molar-refractivity contribution is 5.85. The van der Waals surface area contributed by atoms with Crippen molar-refractivity contribution in [1.29, 1.82) is 0 Å². The molecule has 102 valence electrons. The first kappa shape index (κ1) is 16.7. The molecule has 0 heterocycles. The zero-order valence-electron chi connectivity index (χ0n) is 10.5. The summed E-state index contributed by atoms with van der Waals surface area (Å²) in [6.45, 7) is 0.951. The van der Waals surface area contributed by atoms with E-state index in [2.05, 4.69) is 10.6 Å². The number of hydrogen-bond donors (Lipinski definition) is 2. The molecule has 1 amide bonds. The van der Waals surface area contributed by atoms with Crippen LogP contribution in [0.1, 0.15) is 12.0 Å². The predicted octanol–water partition coefficient (Wildman–Crippen LogP) is 1.48. The Kier molecular flexibility index (Phi) is 8.07. The highest BCUT2D eigenvalue weighted by atomic mass is 35.5. The smallest absolute Gasteiger partial charge is 0.221 e. The van der Waals surface area contributed by atoms with Crippen molar-refractivity contribution < 1.29 is 13.9 Å². The molecule has 0 spiro atoms. The molecule has 0 atom stereocenters. The molecule has 6 heteroatoms. The van der Waals surface area contributed by atoms with Gasteiger partial charge in [-0.05, 0) is 24.7 Å². The van der Waals surface area contributed by atoms with Crippen LogP contribution in [0.3, 0.4) is 0 Å². The molecule has 0 unspecified atom stereocenters. The Hall–Kier alpha value is -1.33. The van der Waals surface area contributed by atoms with Crippen molar-refractivity contribution in [3.63, 3.8) is 0 Å². The molecule has 1 aromatic carbocycles. The maximum Gasteiger partial charge on any atom is 0.221 e. The van der Waals surface area contributed by atoms with Crippen molar-refractivity contribution in [1.82, 2.24) is 10.6 Å². The first-order valence-electron chi connectivity index (χ1n) is 5.41. The molecule has 0 saturated heterocycles. The summed E-state index contributed by atoms with van der Waals surface area (Å²) in [4.78, 5) is 11.3. The molecule has 4 nitrogen and oxygen atoms in total. The average molecular weight is 277 g/mol.